The molecule has 15 heavy (non-hydrogen) atoms. The van der Waals surface area contributed by atoms with Crippen LogP contribution in [-0.2, 0) is 12.0 Å². The molecule has 1 aromatic rings. The van der Waals surface area contributed by atoms with Crippen molar-refractivity contribution in [1.29, 1.82) is 0 Å². The smallest absolute Gasteiger partial charge is 0.0982 e. The molecule has 0 unspecified atom stereocenters. The normalized spacial score (nSPS) is 12.4. The summed E-state index contributed by atoms with van der Waals surface area (Å²) >= 11 is 1.76. The lowest BCUT2D eigenvalue weighted by Gasteiger charge is -2.13. The molecule has 86 valence electrons. The lowest BCUT2D eigenvalue weighted by atomic mass is 9.98. The van der Waals surface area contributed by atoms with Gasteiger partial charge in [-0.25, -0.2) is 4.98 Å². The molecule has 0 fully saturated rings. The quantitative estimate of drug-likeness (QED) is 0.853. The fourth-order valence-electron chi connectivity index (χ4n) is 1.22. The molecule has 0 aliphatic carbocycles. The minimum Gasteiger partial charge on any atom is -0.311 e. The molecule has 0 aromatic carbocycles. The standard InChI is InChI=1S/C12H22N2S/c1-9(2)6-13-7-10-8-15-11(14-10)12(3,4)5/h8-9,13H,6-7H2,1-5H3. The molecule has 0 radical (unpaired) electrons. The second-order valence-corrected chi connectivity index (χ2v) is 6.28. The van der Waals surface area contributed by atoms with Crippen LogP contribution in [0.4, 0.5) is 0 Å². The van der Waals surface area contributed by atoms with Crippen molar-refractivity contribution in [2.45, 2.75) is 46.6 Å². The number of aromatic nitrogens is 1. The number of nitrogens with zero attached hydrogens (tertiary/aromatic N) is 1. The molecule has 0 spiro atoms. The van der Waals surface area contributed by atoms with Gasteiger partial charge in [0, 0.05) is 17.3 Å². The number of thiazole rings is 1. The number of hydrogen-bond acceptors (Lipinski definition) is 3. The first-order chi connectivity index (χ1) is 6.89. The summed E-state index contributed by atoms with van der Waals surface area (Å²) in [6, 6.07) is 0. The van der Waals surface area contributed by atoms with Gasteiger partial charge in [0.2, 0.25) is 0 Å². The molecular formula is C12H22N2S. The third-order valence-corrected chi connectivity index (χ3v) is 3.37. The van der Waals surface area contributed by atoms with Gasteiger partial charge in [0.1, 0.15) is 0 Å². The van der Waals surface area contributed by atoms with Gasteiger partial charge in [0.25, 0.3) is 0 Å². The Kier molecular flexibility index (Phi) is 4.29. The Bertz CT molecular complexity index is 297. The molecular weight excluding hydrogens is 204 g/mol. The molecule has 0 saturated carbocycles. The lowest BCUT2D eigenvalue weighted by Crippen LogP contribution is -2.19. The highest BCUT2D eigenvalue weighted by atomic mass is 32.1. The van der Waals surface area contributed by atoms with Crippen LogP contribution in [0.25, 0.3) is 0 Å². The van der Waals surface area contributed by atoms with Crippen molar-refractivity contribution >= 4 is 11.3 Å². The molecule has 0 amide bonds. The molecule has 0 saturated heterocycles. The van der Waals surface area contributed by atoms with Crippen LogP contribution in [0.15, 0.2) is 5.38 Å². The summed E-state index contributed by atoms with van der Waals surface area (Å²) in [6.45, 7) is 13.0. The van der Waals surface area contributed by atoms with Crippen molar-refractivity contribution in [3.63, 3.8) is 0 Å². The number of hydrogen-bond donors (Lipinski definition) is 1. The van der Waals surface area contributed by atoms with Crippen LogP contribution >= 0.6 is 11.3 Å². The van der Waals surface area contributed by atoms with Gasteiger partial charge >= 0.3 is 0 Å². The Balaban J connectivity index is 2.47. The van der Waals surface area contributed by atoms with E-state index in [9.17, 15) is 0 Å². The SMILES string of the molecule is CC(C)CNCc1csc(C(C)(C)C)n1. The second-order valence-electron chi connectivity index (χ2n) is 5.42. The summed E-state index contributed by atoms with van der Waals surface area (Å²) < 4.78 is 0. The number of rotatable bonds is 4. The van der Waals surface area contributed by atoms with E-state index in [-0.39, 0.29) is 5.41 Å². The van der Waals surface area contributed by atoms with Crippen molar-refractivity contribution in [3.05, 3.63) is 16.1 Å². The summed E-state index contributed by atoms with van der Waals surface area (Å²) in [7, 11) is 0. The molecule has 0 aliphatic rings. The van der Waals surface area contributed by atoms with E-state index in [1.165, 1.54) is 10.7 Å². The summed E-state index contributed by atoms with van der Waals surface area (Å²) in [5.41, 5.74) is 1.35. The first-order valence-corrected chi connectivity index (χ1v) is 6.43. The zero-order valence-electron chi connectivity index (χ0n) is 10.4. The molecule has 0 atom stereocenters. The van der Waals surface area contributed by atoms with Crippen LogP contribution < -0.4 is 5.32 Å². The average Bonchev–Trinajstić information content (AvgIpc) is 2.51. The van der Waals surface area contributed by atoms with Crippen LogP contribution in [0.2, 0.25) is 0 Å². The van der Waals surface area contributed by atoms with E-state index in [1.807, 2.05) is 0 Å². The van der Waals surface area contributed by atoms with Crippen LogP contribution in [0.1, 0.15) is 45.3 Å². The maximum absolute atomic E-state index is 4.63. The molecule has 2 nitrogen and oxygen atoms in total. The third-order valence-electron chi connectivity index (χ3n) is 2.05. The topological polar surface area (TPSA) is 24.9 Å². The molecule has 1 aromatic heterocycles. The van der Waals surface area contributed by atoms with Gasteiger partial charge in [-0.2, -0.15) is 0 Å². The van der Waals surface area contributed by atoms with Gasteiger partial charge in [0.15, 0.2) is 0 Å². The zero-order valence-corrected chi connectivity index (χ0v) is 11.2. The van der Waals surface area contributed by atoms with E-state index < -0.39 is 0 Å². The first-order valence-electron chi connectivity index (χ1n) is 5.55. The van der Waals surface area contributed by atoms with E-state index in [0.717, 1.165) is 13.1 Å². The van der Waals surface area contributed by atoms with Gasteiger partial charge in [-0.05, 0) is 12.5 Å². The fraction of sp³-hybridized carbons (Fsp3) is 0.750. The Hall–Kier alpha value is -0.410. The van der Waals surface area contributed by atoms with Crippen LogP contribution in [-0.4, -0.2) is 11.5 Å². The van der Waals surface area contributed by atoms with Gasteiger partial charge < -0.3 is 5.32 Å². The highest BCUT2D eigenvalue weighted by Crippen LogP contribution is 2.25. The van der Waals surface area contributed by atoms with Crippen molar-refractivity contribution in [3.8, 4) is 0 Å². The Morgan fingerprint density at radius 1 is 1.40 bits per heavy atom. The Morgan fingerprint density at radius 3 is 2.53 bits per heavy atom. The first kappa shape index (κ1) is 12.7. The molecule has 1 rings (SSSR count). The highest BCUT2D eigenvalue weighted by molar-refractivity contribution is 7.09. The zero-order chi connectivity index (χ0) is 11.5. The molecule has 3 heteroatoms. The fourth-order valence-corrected chi connectivity index (χ4v) is 2.13. The summed E-state index contributed by atoms with van der Waals surface area (Å²) in [5, 5.41) is 6.80. The minimum atomic E-state index is 0.182. The second kappa shape index (κ2) is 5.08. The van der Waals surface area contributed by atoms with E-state index in [2.05, 4.69) is 50.3 Å². The van der Waals surface area contributed by atoms with E-state index >= 15 is 0 Å². The van der Waals surface area contributed by atoms with Crippen LogP contribution in [0, 0.1) is 5.92 Å². The monoisotopic (exact) mass is 226 g/mol. The Labute approximate surface area is 97.1 Å². The van der Waals surface area contributed by atoms with Gasteiger partial charge in [0.05, 0.1) is 10.7 Å². The van der Waals surface area contributed by atoms with E-state index in [4.69, 9.17) is 0 Å². The van der Waals surface area contributed by atoms with Crippen molar-refractivity contribution in [1.82, 2.24) is 10.3 Å². The maximum Gasteiger partial charge on any atom is 0.0982 e. The van der Waals surface area contributed by atoms with Crippen LogP contribution in [0.3, 0.4) is 0 Å². The van der Waals surface area contributed by atoms with E-state index in [0.29, 0.717) is 5.92 Å². The van der Waals surface area contributed by atoms with Gasteiger partial charge in [-0.3, -0.25) is 0 Å². The van der Waals surface area contributed by atoms with Crippen molar-refractivity contribution in [2.24, 2.45) is 5.92 Å². The molecule has 1 heterocycles. The predicted octanol–water partition coefficient (Wildman–Crippen LogP) is 3.19. The largest absolute Gasteiger partial charge is 0.311 e. The molecule has 0 aliphatic heterocycles. The van der Waals surface area contributed by atoms with Crippen molar-refractivity contribution < 1.29 is 0 Å². The van der Waals surface area contributed by atoms with Gasteiger partial charge in [-0.1, -0.05) is 34.6 Å². The predicted molar refractivity (Wildman–Crippen MR) is 67.4 cm³/mol. The van der Waals surface area contributed by atoms with E-state index in [1.54, 1.807) is 11.3 Å². The summed E-state index contributed by atoms with van der Waals surface area (Å²) in [4.78, 5) is 4.63. The molecule has 0 bridgehead atoms. The summed E-state index contributed by atoms with van der Waals surface area (Å²) in [5.74, 6) is 0.700. The Morgan fingerprint density at radius 2 is 2.07 bits per heavy atom. The van der Waals surface area contributed by atoms with Crippen molar-refractivity contribution in [2.75, 3.05) is 6.54 Å². The molecule has 1 N–H and O–H groups in total. The average molecular weight is 226 g/mol. The summed E-state index contributed by atoms with van der Waals surface area (Å²) in [6.07, 6.45) is 0. The van der Waals surface area contributed by atoms with Gasteiger partial charge in [-0.15, -0.1) is 11.3 Å². The third kappa shape index (κ3) is 4.31. The maximum atomic E-state index is 4.63. The van der Waals surface area contributed by atoms with Crippen LogP contribution in [0.5, 0.6) is 0 Å². The number of nitrogens with one attached hydrogen (secondary N) is 1. The lowest BCUT2D eigenvalue weighted by molar-refractivity contribution is 0.543. The minimum absolute atomic E-state index is 0.182. The highest BCUT2D eigenvalue weighted by Gasteiger charge is 2.17.